The van der Waals surface area contributed by atoms with E-state index in [-0.39, 0.29) is 0 Å². The Morgan fingerprint density at radius 2 is 2.07 bits per heavy atom. The number of aromatic amines is 1. The Balaban J connectivity index is 1.40. The van der Waals surface area contributed by atoms with Crippen molar-refractivity contribution in [2.24, 2.45) is 7.05 Å². The van der Waals surface area contributed by atoms with Crippen molar-refractivity contribution in [2.75, 3.05) is 11.9 Å². The highest BCUT2D eigenvalue weighted by Gasteiger charge is 2.40. The minimum absolute atomic E-state index is 0.453. The highest BCUT2D eigenvalue weighted by molar-refractivity contribution is 5.91. The number of H-pyrrole nitrogens is 1. The first-order valence-corrected chi connectivity index (χ1v) is 10.5. The lowest BCUT2D eigenvalue weighted by atomic mass is 9.96. The number of hydrogen-bond donors (Lipinski definition) is 2. The largest absolute Gasteiger partial charge is 0.380 e. The third kappa shape index (κ3) is 3.18. The maximum Gasteiger partial charge on any atom is 0.161 e. The summed E-state index contributed by atoms with van der Waals surface area (Å²) in [5.74, 6) is 0.880. The zero-order valence-electron chi connectivity index (χ0n) is 17.0. The van der Waals surface area contributed by atoms with Crippen LogP contribution < -0.4 is 5.32 Å². The summed E-state index contributed by atoms with van der Waals surface area (Å²) in [5, 5.41) is 20.1. The van der Waals surface area contributed by atoms with Gasteiger partial charge >= 0.3 is 0 Å². The van der Waals surface area contributed by atoms with Crippen LogP contribution in [0.4, 0.5) is 5.69 Å². The van der Waals surface area contributed by atoms with Crippen molar-refractivity contribution in [1.29, 1.82) is 5.26 Å². The number of nitrogens with one attached hydrogen (secondary N) is 2. The molecule has 1 unspecified atom stereocenters. The van der Waals surface area contributed by atoms with Crippen LogP contribution in [0.5, 0.6) is 0 Å². The monoisotopic (exact) mass is 389 g/mol. The number of rotatable bonds is 5. The molecular formula is C22H27N7. The van der Waals surface area contributed by atoms with Gasteiger partial charge in [-0.3, -0.25) is 10.00 Å². The molecule has 7 nitrogen and oxygen atoms in total. The molecule has 2 saturated heterocycles. The molecule has 2 fully saturated rings. The smallest absolute Gasteiger partial charge is 0.161 e. The number of imidazole rings is 1. The Morgan fingerprint density at radius 3 is 2.76 bits per heavy atom. The molecule has 0 spiro atoms. The molecule has 0 aliphatic carbocycles. The second-order valence-electron chi connectivity index (χ2n) is 8.45. The number of nitriles is 1. The third-order valence-electron chi connectivity index (χ3n) is 6.57. The van der Waals surface area contributed by atoms with Crippen molar-refractivity contribution < 1.29 is 0 Å². The van der Waals surface area contributed by atoms with Gasteiger partial charge in [-0.2, -0.15) is 10.4 Å². The molecule has 2 aliphatic heterocycles. The van der Waals surface area contributed by atoms with Crippen molar-refractivity contribution in [2.45, 2.75) is 57.2 Å². The van der Waals surface area contributed by atoms with E-state index in [1.807, 2.05) is 20.0 Å². The SMILES string of the molecule is Cc1cc(-c2nc3c(NC4C[C@H]5CC[C@@H](C4)N5CCC#N)cccc3n2C)n[nH]1. The Hall–Kier alpha value is -2.85. The molecule has 0 radical (unpaired) electrons. The molecule has 5 rings (SSSR count). The van der Waals surface area contributed by atoms with Gasteiger partial charge in [-0.05, 0) is 50.8 Å². The molecule has 7 heteroatoms. The van der Waals surface area contributed by atoms with Crippen LogP contribution in [0, 0.1) is 18.3 Å². The third-order valence-corrected chi connectivity index (χ3v) is 6.57. The second-order valence-corrected chi connectivity index (χ2v) is 8.45. The first-order chi connectivity index (χ1) is 14.1. The maximum absolute atomic E-state index is 8.94. The summed E-state index contributed by atoms with van der Waals surface area (Å²) in [6.07, 6.45) is 5.41. The number of aryl methyl sites for hydroxylation is 2. The maximum atomic E-state index is 8.94. The van der Waals surface area contributed by atoms with Crippen LogP contribution in [0.3, 0.4) is 0 Å². The van der Waals surface area contributed by atoms with Crippen LogP contribution in [0.15, 0.2) is 24.3 Å². The average molecular weight is 390 g/mol. The number of fused-ring (bicyclic) bond motifs is 3. The van der Waals surface area contributed by atoms with E-state index in [1.54, 1.807) is 0 Å². The number of nitrogens with zero attached hydrogens (tertiary/aromatic N) is 5. The predicted molar refractivity (Wildman–Crippen MR) is 113 cm³/mol. The number of hydrogen-bond acceptors (Lipinski definition) is 5. The standard InChI is InChI=1S/C22H27N7/c1-14-11-19(27-26-14)22-25-21-18(5-3-6-20(21)28(22)2)24-15-12-16-7-8-17(13-15)29(16)10-4-9-23/h3,5-6,11,15-17,24H,4,7-8,10,12-13H2,1-2H3,(H,26,27)/t15?,16-,17+. The van der Waals surface area contributed by atoms with E-state index < -0.39 is 0 Å². The van der Waals surface area contributed by atoms with E-state index in [0.29, 0.717) is 24.5 Å². The van der Waals surface area contributed by atoms with E-state index in [0.717, 1.165) is 53.3 Å². The van der Waals surface area contributed by atoms with Gasteiger partial charge in [0.25, 0.3) is 0 Å². The van der Waals surface area contributed by atoms with Gasteiger partial charge < -0.3 is 9.88 Å². The lowest BCUT2D eigenvalue weighted by molar-refractivity contribution is 0.136. The quantitative estimate of drug-likeness (QED) is 0.696. The van der Waals surface area contributed by atoms with Crippen molar-refractivity contribution in [3.8, 4) is 17.6 Å². The zero-order valence-corrected chi connectivity index (χ0v) is 17.0. The van der Waals surface area contributed by atoms with Gasteiger partial charge in [0.1, 0.15) is 11.2 Å². The first kappa shape index (κ1) is 18.2. The molecule has 2 aromatic heterocycles. The number of benzene rings is 1. The van der Waals surface area contributed by atoms with Crippen LogP contribution in [-0.4, -0.2) is 49.3 Å². The minimum Gasteiger partial charge on any atom is -0.380 e. The van der Waals surface area contributed by atoms with Gasteiger partial charge in [0.15, 0.2) is 5.82 Å². The average Bonchev–Trinajstić information content (AvgIpc) is 3.35. The summed E-state index contributed by atoms with van der Waals surface area (Å²) >= 11 is 0. The lowest BCUT2D eigenvalue weighted by Gasteiger charge is -2.39. The molecule has 3 atom stereocenters. The topological polar surface area (TPSA) is 85.6 Å². The second kappa shape index (κ2) is 7.20. The number of aromatic nitrogens is 4. The molecule has 2 aliphatic rings. The number of para-hydroxylation sites is 1. The van der Waals surface area contributed by atoms with Crippen molar-refractivity contribution in [1.82, 2.24) is 24.6 Å². The van der Waals surface area contributed by atoms with Gasteiger partial charge in [0, 0.05) is 43.8 Å². The summed E-state index contributed by atoms with van der Waals surface area (Å²) < 4.78 is 2.12. The fourth-order valence-corrected chi connectivity index (χ4v) is 5.25. The predicted octanol–water partition coefficient (Wildman–Crippen LogP) is 3.59. The molecule has 4 heterocycles. The molecule has 2 N–H and O–H groups in total. The van der Waals surface area contributed by atoms with Crippen molar-refractivity contribution >= 4 is 16.7 Å². The number of piperidine rings is 1. The van der Waals surface area contributed by atoms with Gasteiger partial charge in [0.2, 0.25) is 0 Å². The van der Waals surface area contributed by atoms with Crippen LogP contribution >= 0.6 is 0 Å². The fourth-order valence-electron chi connectivity index (χ4n) is 5.25. The van der Waals surface area contributed by atoms with Gasteiger partial charge in [-0.25, -0.2) is 4.98 Å². The molecule has 29 heavy (non-hydrogen) atoms. The summed E-state index contributed by atoms with van der Waals surface area (Å²) in [7, 11) is 2.05. The highest BCUT2D eigenvalue weighted by Crippen LogP contribution is 2.37. The Bertz CT molecular complexity index is 1060. The van der Waals surface area contributed by atoms with Crippen LogP contribution in [0.1, 0.15) is 37.8 Å². The molecule has 0 saturated carbocycles. The molecular weight excluding hydrogens is 362 g/mol. The van der Waals surface area contributed by atoms with E-state index in [2.05, 4.69) is 49.2 Å². The Morgan fingerprint density at radius 1 is 1.28 bits per heavy atom. The van der Waals surface area contributed by atoms with Crippen LogP contribution in [-0.2, 0) is 7.05 Å². The molecule has 1 aromatic carbocycles. The molecule has 150 valence electrons. The van der Waals surface area contributed by atoms with E-state index in [1.165, 1.54) is 12.8 Å². The van der Waals surface area contributed by atoms with Crippen LogP contribution in [0.25, 0.3) is 22.6 Å². The highest BCUT2D eigenvalue weighted by atomic mass is 15.2. The van der Waals surface area contributed by atoms with Crippen molar-refractivity contribution in [3.05, 3.63) is 30.0 Å². The van der Waals surface area contributed by atoms with Gasteiger partial charge in [-0.1, -0.05) is 6.07 Å². The van der Waals surface area contributed by atoms with E-state index in [9.17, 15) is 0 Å². The zero-order chi connectivity index (χ0) is 20.0. The van der Waals surface area contributed by atoms with E-state index >= 15 is 0 Å². The fraction of sp³-hybridized carbons (Fsp3) is 0.500. The molecule has 0 amide bonds. The Kier molecular flexibility index (Phi) is 4.51. The lowest BCUT2D eigenvalue weighted by Crippen LogP contribution is -2.47. The van der Waals surface area contributed by atoms with Gasteiger partial charge in [-0.15, -0.1) is 0 Å². The van der Waals surface area contributed by atoms with E-state index in [4.69, 9.17) is 10.2 Å². The normalized spacial score (nSPS) is 24.1. The van der Waals surface area contributed by atoms with Crippen molar-refractivity contribution in [3.63, 3.8) is 0 Å². The Labute approximate surface area is 170 Å². The first-order valence-electron chi connectivity index (χ1n) is 10.5. The molecule has 2 bridgehead atoms. The minimum atomic E-state index is 0.453. The molecule has 3 aromatic rings. The summed E-state index contributed by atoms with van der Waals surface area (Å²) in [6.45, 7) is 2.92. The summed E-state index contributed by atoms with van der Waals surface area (Å²) in [4.78, 5) is 7.51. The summed E-state index contributed by atoms with van der Waals surface area (Å²) in [5.41, 5.74) is 5.12. The number of anilines is 1. The van der Waals surface area contributed by atoms with Gasteiger partial charge in [0.05, 0.1) is 17.3 Å². The van der Waals surface area contributed by atoms with Crippen LogP contribution in [0.2, 0.25) is 0 Å². The summed E-state index contributed by atoms with van der Waals surface area (Å²) in [6, 6.07) is 12.3.